The zero-order chi connectivity index (χ0) is 13.1. The second kappa shape index (κ2) is 6.02. The lowest BCUT2D eigenvalue weighted by Crippen LogP contribution is -2.19. The van der Waals surface area contributed by atoms with Crippen LogP contribution in [0.25, 0.3) is 0 Å². The smallest absolute Gasteiger partial charge is 0.0992 e. The van der Waals surface area contributed by atoms with Crippen LogP contribution >= 0.6 is 34.5 Å². The summed E-state index contributed by atoms with van der Waals surface area (Å²) in [5, 5.41) is 3.26. The molecule has 1 unspecified atom stereocenters. The molecule has 2 aromatic rings. The highest BCUT2D eigenvalue weighted by molar-refractivity contribution is 7.20. The summed E-state index contributed by atoms with van der Waals surface area (Å²) in [7, 11) is 1.92. The maximum atomic E-state index is 6.18. The number of rotatable bonds is 4. The Labute approximate surface area is 121 Å². The number of hydrogen-bond acceptors (Lipinski definition) is 3. The van der Waals surface area contributed by atoms with Crippen LogP contribution in [0.3, 0.4) is 0 Å². The van der Waals surface area contributed by atoms with E-state index < -0.39 is 0 Å². The van der Waals surface area contributed by atoms with Crippen LogP contribution in [-0.4, -0.2) is 12.0 Å². The lowest BCUT2D eigenvalue weighted by molar-refractivity contribution is 0.586. The van der Waals surface area contributed by atoms with E-state index in [0.717, 1.165) is 27.6 Å². The minimum Gasteiger partial charge on any atom is -0.313 e. The molecule has 2 nitrogen and oxygen atoms in total. The first-order valence-corrected chi connectivity index (χ1v) is 7.21. The van der Waals surface area contributed by atoms with Crippen LogP contribution in [-0.2, 0) is 6.42 Å². The Morgan fingerprint density at radius 2 is 2.17 bits per heavy atom. The maximum Gasteiger partial charge on any atom is 0.0992 e. The second-order valence-corrected chi connectivity index (χ2v) is 6.44. The molecule has 0 bridgehead atoms. The van der Waals surface area contributed by atoms with Crippen LogP contribution in [0.5, 0.6) is 0 Å². The molecule has 0 amide bonds. The van der Waals surface area contributed by atoms with Gasteiger partial charge in [0.2, 0.25) is 0 Å². The number of hydrogen-bond donors (Lipinski definition) is 1. The molecule has 5 heteroatoms. The van der Waals surface area contributed by atoms with Gasteiger partial charge >= 0.3 is 0 Å². The summed E-state index contributed by atoms with van der Waals surface area (Å²) in [6.07, 6.45) is 2.67. The first-order chi connectivity index (χ1) is 8.60. The molecule has 96 valence electrons. The third-order valence-electron chi connectivity index (χ3n) is 2.79. The predicted molar refractivity (Wildman–Crippen MR) is 78.8 cm³/mol. The molecule has 2 rings (SSSR count). The normalized spacial score (nSPS) is 12.7. The Morgan fingerprint density at radius 3 is 2.67 bits per heavy atom. The van der Waals surface area contributed by atoms with Crippen molar-refractivity contribution in [2.24, 2.45) is 0 Å². The zero-order valence-corrected chi connectivity index (χ0v) is 12.5. The first-order valence-electron chi connectivity index (χ1n) is 5.63. The first kappa shape index (κ1) is 13.8. The zero-order valence-electron chi connectivity index (χ0n) is 10.2. The van der Waals surface area contributed by atoms with E-state index in [1.165, 1.54) is 11.3 Å². The monoisotopic (exact) mass is 300 g/mol. The van der Waals surface area contributed by atoms with Gasteiger partial charge in [0.25, 0.3) is 0 Å². The molecule has 0 aliphatic heterocycles. The summed E-state index contributed by atoms with van der Waals surface area (Å²) in [6, 6.07) is 6.17. The molecule has 0 saturated heterocycles. The summed E-state index contributed by atoms with van der Waals surface area (Å²) < 4.78 is 1.46. The predicted octanol–water partition coefficient (Wildman–Crippen LogP) is 4.26. The Kier molecular flexibility index (Phi) is 4.62. The molecule has 1 N–H and O–H groups in total. The molecule has 0 fully saturated rings. The molecule has 0 aromatic carbocycles. The number of aromatic nitrogens is 1. The number of nitrogens with one attached hydrogen (secondary N) is 1. The van der Waals surface area contributed by atoms with Gasteiger partial charge in [-0.25, -0.2) is 0 Å². The van der Waals surface area contributed by atoms with Gasteiger partial charge in [0.05, 0.1) is 8.67 Å². The molecule has 2 heterocycles. The molecule has 18 heavy (non-hydrogen) atoms. The van der Waals surface area contributed by atoms with Gasteiger partial charge in [-0.15, -0.1) is 11.3 Å². The van der Waals surface area contributed by atoms with Crippen molar-refractivity contribution in [1.29, 1.82) is 0 Å². The Morgan fingerprint density at radius 1 is 1.39 bits per heavy atom. The standard InChI is InChI=1S/C13H14Cl2N2S/c1-8-3-4-9(17-7-8)5-11(16-2)10-6-12(14)18-13(10)15/h3-4,6-7,11,16H,5H2,1-2H3. The fourth-order valence-electron chi connectivity index (χ4n) is 1.79. The number of nitrogens with zero attached hydrogens (tertiary/aromatic N) is 1. The highest BCUT2D eigenvalue weighted by Crippen LogP contribution is 2.35. The molecule has 0 aliphatic rings. The average Bonchev–Trinajstić information content (AvgIpc) is 2.68. The summed E-state index contributed by atoms with van der Waals surface area (Å²) in [6.45, 7) is 2.03. The van der Waals surface area contributed by atoms with Crippen LogP contribution in [0.2, 0.25) is 8.67 Å². The molecule has 0 spiro atoms. The second-order valence-electron chi connectivity index (χ2n) is 4.15. The lowest BCUT2D eigenvalue weighted by Gasteiger charge is -2.15. The molecule has 0 saturated carbocycles. The minimum absolute atomic E-state index is 0.136. The molecular formula is C13H14Cl2N2S. The number of pyridine rings is 1. The van der Waals surface area contributed by atoms with Gasteiger partial charge in [0.1, 0.15) is 0 Å². The van der Waals surface area contributed by atoms with Crippen molar-refractivity contribution in [2.75, 3.05) is 7.05 Å². The molecular weight excluding hydrogens is 287 g/mol. The topological polar surface area (TPSA) is 24.9 Å². The van der Waals surface area contributed by atoms with Crippen LogP contribution in [0, 0.1) is 6.92 Å². The highest BCUT2D eigenvalue weighted by Gasteiger charge is 2.17. The summed E-state index contributed by atoms with van der Waals surface area (Å²) in [5.41, 5.74) is 3.24. The fraction of sp³-hybridized carbons (Fsp3) is 0.308. The lowest BCUT2D eigenvalue weighted by atomic mass is 10.0. The van der Waals surface area contributed by atoms with E-state index in [4.69, 9.17) is 23.2 Å². The van der Waals surface area contributed by atoms with Crippen LogP contribution in [0.15, 0.2) is 24.4 Å². The maximum absolute atomic E-state index is 6.18. The van der Waals surface area contributed by atoms with Crippen molar-refractivity contribution in [1.82, 2.24) is 10.3 Å². The molecule has 0 aliphatic carbocycles. The van der Waals surface area contributed by atoms with Crippen molar-refractivity contribution in [3.8, 4) is 0 Å². The van der Waals surface area contributed by atoms with Gasteiger partial charge in [0.15, 0.2) is 0 Å². The largest absolute Gasteiger partial charge is 0.313 e. The van der Waals surface area contributed by atoms with E-state index in [1.807, 2.05) is 32.3 Å². The number of likely N-dealkylation sites (N-methyl/N-ethyl adjacent to an activating group) is 1. The Hall–Kier alpha value is -0.610. The molecule has 2 aromatic heterocycles. The minimum atomic E-state index is 0.136. The van der Waals surface area contributed by atoms with Crippen LogP contribution in [0.1, 0.15) is 22.9 Å². The molecule has 1 atom stereocenters. The third kappa shape index (κ3) is 3.23. The van der Waals surface area contributed by atoms with Crippen molar-refractivity contribution in [3.05, 3.63) is 49.9 Å². The van der Waals surface area contributed by atoms with Gasteiger partial charge in [-0.2, -0.15) is 0 Å². The van der Waals surface area contributed by atoms with E-state index in [1.54, 1.807) is 0 Å². The summed E-state index contributed by atoms with van der Waals surface area (Å²) in [4.78, 5) is 4.42. The number of aryl methyl sites for hydroxylation is 1. The van der Waals surface area contributed by atoms with Gasteiger partial charge in [-0.05, 0) is 31.7 Å². The Balaban J connectivity index is 2.19. The van der Waals surface area contributed by atoms with Crippen molar-refractivity contribution in [3.63, 3.8) is 0 Å². The fourth-order valence-corrected chi connectivity index (χ4v) is 3.37. The SMILES string of the molecule is CNC(Cc1ccc(C)cn1)c1cc(Cl)sc1Cl. The quantitative estimate of drug-likeness (QED) is 0.912. The van der Waals surface area contributed by atoms with E-state index in [-0.39, 0.29) is 6.04 Å². The highest BCUT2D eigenvalue weighted by atomic mass is 35.5. The van der Waals surface area contributed by atoms with Crippen molar-refractivity contribution in [2.45, 2.75) is 19.4 Å². The average molecular weight is 301 g/mol. The summed E-state index contributed by atoms with van der Waals surface area (Å²) >= 11 is 13.6. The van der Waals surface area contributed by atoms with Crippen LogP contribution in [0.4, 0.5) is 0 Å². The van der Waals surface area contributed by atoms with E-state index in [2.05, 4.69) is 16.4 Å². The third-order valence-corrected chi connectivity index (χ3v) is 4.31. The van der Waals surface area contributed by atoms with Gasteiger partial charge in [-0.1, -0.05) is 29.3 Å². The van der Waals surface area contributed by atoms with Crippen LogP contribution < -0.4 is 5.32 Å². The molecule has 0 radical (unpaired) electrons. The number of thiophene rings is 1. The number of halogens is 2. The Bertz CT molecular complexity index is 522. The van der Waals surface area contributed by atoms with Gasteiger partial charge < -0.3 is 5.32 Å². The van der Waals surface area contributed by atoms with Gasteiger partial charge in [-0.3, -0.25) is 4.98 Å². The van der Waals surface area contributed by atoms with E-state index in [0.29, 0.717) is 4.34 Å². The van der Waals surface area contributed by atoms with Crippen molar-refractivity contribution >= 4 is 34.5 Å². The van der Waals surface area contributed by atoms with Crippen molar-refractivity contribution < 1.29 is 0 Å². The summed E-state index contributed by atoms with van der Waals surface area (Å²) in [5.74, 6) is 0. The van der Waals surface area contributed by atoms with E-state index >= 15 is 0 Å². The van der Waals surface area contributed by atoms with E-state index in [9.17, 15) is 0 Å². The van der Waals surface area contributed by atoms with Gasteiger partial charge in [0, 0.05) is 29.9 Å².